The number of piperidine rings is 1. The highest BCUT2D eigenvalue weighted by Crippen LogP contribution is 2.34. The van der Waals surface area contributed by atoms with Crippen LogP contribution < -0.4 is 0 Å². The predicted octanol–water partition coefficient (Wildman–Crippen LogP) is 1.79. The monoisotopic (exact) mass is 124 g/mol. The summed E-state index contributed by atoms with van der Waals surface area (Å²) in [7, 11) is 4.06. The van der Waals surface area contributed by atoms with E-state index in [1.165, 1.54) is 32.1 Å². The molecule has 0 aromatic heterocycles. The topological polar surface area (TPSA) is 3.24 Å². The first-order valence-electron chi connectivity index (χ1n) is 3.97. The molecule has 52 valence electrons. The van der Waals surface area contributed by atoms with Gasteiger partial charge < -0.3 is 4.90 Å². The minimum atomic E-state index is 0.851. The standard InChI is InChI=1S/C8H14N/c1-9-7-3-2-4-8(9)6-5-7/h7-8H,1-6H2/q-1. The summed E-state index contributed by atoms with van der Waals surface area (Å²) in [6, 6.07) is 1.70. The first-order chi connectivity index (χ1) is 4.38. The summed E-state index contributed by atoms with van der Waals surface area (Å²) in [5.41, 5.74) is 0. The molecule has 0 spiro atoms. The zero-order chi connectivity index (χ0) is 6.27. The van der Waals surface area contributed by atoms with Crippen molar-refractivity contribution >= 4 is 0 Å². The lowest BCUT2D eigenvalue weighted by molar-refractivity contribution is 0.203. The van der Waals surface area contributed by atoms with Gasteiger partial charge in [0.1, 0.15) is 0 Å². The minimum Gasteiger partial charge on any atom is -0.454 e. The molecule has 0 saturated carbocycles. The van der Waals surface area contributed by atoms with Crippen molar-refractivity contribution in [3.05, 3.63) is 7.05 Å². The quantitative estimate of drug-likeness (QED) is 0.445. The van der Waals surface area contributed by atoms with E-state index in [-0.39, 0.29) is 0 Å². The van der Waals surface area contributed by atoms with Crippen LogP contribution in [0.4, 0.5) is 0 Å². The Balaban J connectivity index is 2.10. The molecule has 0 N–H and O–H groups in total. The average Bonchev–Trinajstić information content (AvgIpc) is 2.19. The SMILES string of the molecule is [CH2-]N1C2CCCC1CC2. The summed E-state index contributed by atoms with van der Waals surface area (Å²) < 4.78 is 0. The van der Waals surface area contributed by atoms with E-state index in [0.29, 0.717) is 0 Å². The maximum Gasteiger partial charge on any atom is -0.0182 e. The summed E-state index contributed by atoms with van der Waals surface area (Å²) >= 11 is 0. The number of hydrogen-bond acceptors (Lipinski definition) is 1. The second kappa shape index (κ2) is 1.98. The average molecular weight is 124 g/mol. The third-order valence-electron chi connectivity index (χ3n) is 2.85. The van der Waals surface area contributed by atoms with Crippen LogP contribution in [0.2, 0.25) is 0 Å². The molecule has 0 aromatic rings. The molecule has 2 fully saturated rings. The first-order valence-corrected chi connectivity index (χ1v) is 3.97. The van der Waals surface area contributed by atoms with Crippen molar-refractivity contribution in [1.82, 2.24) is 4.90 Å². The molecule has 2 saturated heterocycles. The van der Waals surface area contributed by atoms with Crippen LogP contribution >= 0.6 is 0 Å². The first kappa shape index (κ1) is 5.72. The van der Waals surface area contributed by atoms with Crippen molar-refractivity contribution in [1.29, 1.82) is 0 Å². The normalized spacial score (nSPS) is 43.7. The molecule has 2 aliphatic heterocycles. The van der Waals surface area contributed by atoms with Gasteiger partial charge in [0.15, 0.2) is 0 Å². The molecule has 2 unspecified atom stereocenters. The molecular formula is C8H14N-. The van der Waals surface area contributed by atoms with Gasteiger partial charge in [0.25, 0.3) is 0 Å². The highest BCUT2D eigenvalue weighted by molar-refractivity contribution is 4.91. The summed E-state index contributed by atoms with van der Waals surface area (Å²) in [6.07, 6.45) is 7.07. The smallest absolute Gasteiger partial charge is 0.0182 e. The van der Waals surface area contributed by atoms with Crippen molar-refractivity contribution in [3.8, 4) is 0 Å². The summed E-state index contributed by atoms with van der Waals surface area (Å²) in [5.74, 6) is 0. The van der Waals surface area contributed by atoms with E-state index in [9.17, 15) is 0 Å². The summed E-state index contributed by atoms with van der Waals surface area (Å²) in [4.78, 5) is 2.34. The van der Waals surface area contributed by atoms with E-state index in [4.69, 9.17) is 0 Å². The van der Waals surface area contributed by atoms with Gasteiger partial charge >= 0.3 is 0 Å². The molecular weight excluding hydrogens is 110 g/mol. The molecule has 0 aromatic carbocycles. The van der Waals surface area contributed by atoms with E-state index in [2.05, 4.69) is 11.9 Å². The second-order valence-electron chi connectivity index (χ2n) is 3.33. The number of fused-ring (bicyclic) bond motifs is 2. The van der Waals surface area contributed by atoms with Gasteiger partial charge in [-0.25, -0.2) is 0 Å². The lowest BCUT2D eigenvalue weighted by Gasteiger charge is -2.38. The van der Waals surface area contributed by atoms with Crippen LogP contribution in [0.15, 0.2) is 0 Å². The van der Waals surface area contributed by atoms with Gasteiger partial charge in [-0.2, -0.15) is 0 Å². The highest BCUT2D eigenvalue weighted by Gasteiger charge is 2.28. The van der Waals surface area contributed by atoms with E-state index >= 15 is 0 Å². The van der Waals surface area contributed by atoms with Gasteiger partial charge in [-0.1, -0.05) is 6.42 Å². The summed E-state index contributed by atoms with van der Waals surface area (Å²) in [6.45, 7) is 0. The Hall–Kier alpha value is -0.0400. The highest BCUT2D eigenvalue weighted by atomic mass is 15.2. The third kappa shape index (κ3) is 0.787. The van der Waals surface area contributed by atoms with Gasteiger partial charge in [-0.3, -0.25) is 7.05 Å². The van der Waals surface area contributed by atoms with Crippen LogP contribution in [0.1, 0.15) is 32.1 Å². The van der Waals surface area contributed by atoms with Gasteiger partial charge in [0, 0.05) is 0 Å². The third-order valence-corrected chi connectivity index (χ3v) is 2.85. The fourth-order valence-corrected chi connectivity index (χ4v) is 2.22. The molecule has 0 radical (unpaired) electrons. The van der Waals surface area contributed by atoms with Crippen LogP contribution in [-0.4, -0.2) is 17.0 Å². The van der Waals surface area contributed by atoms with Gasteiger partial charge in [-0.05, 0) is 37.8 Å². The van der Waals surface area contributed by atoms with Crippen molar-refractivity contribution in [3.63, 3.8) is 0 Å². The zero-order valence-electron chi connectivity index (χ0n) is 5.84. The van der Waals surface area contributed by atoms with Gasteiger partial charge in [-0.15, -0.1) is 0 Å². The fraction of sp³-hybridized carbons (Fsp3) is 0.875. The number of nitrogens with zero attached hydrogens (tertiary/aromatic N) is 1. The van der Waals surface area contributed by atoms with Crippen molar-refractivity contribution in [2.75, 3.05) is 0 Å². The van der Waals surface area contributed by atoms with Crippen molar-refractivity contribution < 1.29 is 0 Å². The molecule has 2 rings (SSSR count). The number of rotatable bonds is 0. The molecule has 2 heterocycles. The Morgan fingerprint density at radius 1 is 1.00 bits per heavy atom. The van der Waals surface area contributed by atoms with E-state index in [0.717, 1.165) is 12.1 Å². The Bertz CT molecular complexity index is 95.1. The lowest BCUT2D eigenvalue weighted by atomic mass is 10.0. The molecule has 0 aliphatic carbocycles. The zero-order valence-corrected chi connectivity index (χ0v) is 5.84. The largest absolute Gasteiger partial charge is 0.454 e. The Labute approximate surface area is 57.0 Å². The Morgan fingerprint density at radius 2 is 1.56 bits per heavy atom. The fourth-order valence-electron chi connectivity index (χ4n) is 2.22. The molecule has 1 nitrogen and oxygen atoms in total. The van der Waals surface area contributed by atoms with Gasteiger partial charge in [0.2, 0.25) is 0 Å². The van der Waals surface area contributed by atoms with Crippen molar-refractivity contribution in [2.24, 2.45) is 0 Å². The molecule has 2 atom stereocenters. The Kier molecular flexibility index (Phi) is 1.26. The second-order valence-corrected chi connectivity index (χ2v) is 3.33. The van der Waals surface area contributed by atoms with E-state index in [1.807, 2.05) is 0 Å². The maximum absolute atomic E-state index is 4.06. The molecule has 1 heteroatoms. The minimum absolute atomic E-state index is 0.851. The maximum atomic E-state index is 4.06. The molecule has 0 amide bonds. The van der Waals surface area contributed by atoms with Crippen LogP contribution in [0, 0.1) is 7.05 Å². The van der Waals surface area contributed by atoms with E-state index < -0.39 is 0 Å². The predicted molar refractivity (Wildman–Crippen MR) is 37.9 cm³/mol. The van der Waals surface area contributed by atoms with Crippen LogP contribution in [0.25, 0.3) is 0 Å². The van der Waals surface area contributed by atoms with Crippen LogP contribution in [0.5, 0.6) is 0 Å². The van der Waals surface area contributed by atoms with E-state index in [1.54, 1.807) is 0 Å². The van der Waals surface area contributed by atoms with Crippen LogP contribution in [-0.2, 0) is 0 Å². The molecule has 9 heavy (non-hydrogen) atoms. The summed E-state index contributed by atoms with van der Waals surface area (Å²) in [5, 5.41) is 0. The number of hydrogen-bond donors (Lipinski definition) is 0. The van der Waals surface area contributed by atoms with Gasteiger partial charge in [0.05, 0.1) is 0 Å². The molecule has 2 aliphatic rings. The Morgan fingerprint density at radius 3 is 2.00 bits per heavy atom. The molecule has 2 bridgehead atoms. The lowest BCUT2D eigenvalue weighted by Crippen LogP contribution is -2.34. The van der Waals surface area contributed by atoms with Crippen LogP contribution in [0.3, 0.4) is 0 Å². The van der Waals surface area contributed by atoms with Crippen molar-refractivity contribution in [2.45, 2.75) is 44.2 Å².